The van der Waals surface area contributed by atoms with Crippen LogP contribution in [0.15, 0.2) is 109 Å². The summed E-state index contributed by atoms with van der Waals surface area (Å²) in [6.45, 7) is -0.295. The topological polar surface area (TPSA) is 6.48 Å². The maximum Gasteiger partial charge on any atom is 0.252 e. The van der Waals surface area contributed by atoms with Gasteiger partial charge in [-0.2, -0.15) is 0 Å². The molecular weight excluding hydrogens is 509 g/mol. The van der Waals surface area contributed by atoms with Gasteiger partial charge in [0.2, 0.25) is 0 Å². The second-order valence-electron chi connectivity index (χ2n) is 11.5. The first-order valence-electron chi connectivity index (χ1n) is 14.6. The third-order valence-electron chi connectivity index (χ3n) is 9.12. The Morgan fingerprint density at radius 3 is 1.51 bits per heavy atom. The minimum Gasteiger partial charge on any atom is -0.311 e. The number of para-hydroxylation sites is 2. The van der Waals surface area contributed by atoms with E-state index in [1.54, 1.807) is 12.1 Å². The van der Waals surface area contributed by atoms with E-state index in [9.17, 15) is 0 Å². The summed E-state index contributed by atoms with van der Waals surface area (Å²) < 4.78 is 30.1. The SMILES string of the molecule is Fc1ccc2c(c1)B1c3cc(F)ccc3N(c3ccccc3)c3cc(C4CCCCC4)cc(c31)N2c1ccccc1. The number of anilines is 6. The van der Waals surface area contributed by atoms with Gasteiger partial charge in [-0.1, -0.05) is 55.7 Å². The molecule has 0 amide bonds. The Balaban J connectivity index is 1.49. The van der Waals surface area contributed by atoms with Crippen LogP contribution in [0.3, 0.4) is 0 Å². The molecule has 5 heteroatoms. The van der Waals surface area contributed by atoms with E-state index in [0.717, 1.165) is 50.5 Å². The smallest absolute Gasteiger partial charge is 0.252 e. The van der Waals surface area contributed by atoms with Crippen molar-refractivity contribution in [2.45, 2.75) is 38.0 Å². The molecule has 5 aromatic carbocycles. The van der Waals surface area contributed by atoms with Crippen molar-refractivity contribution in [3.8, 4) is 0 Å². The second-order valence-corrected chi connectivity index (χ2v) is 11.5. The fourth-order valence-electron chi connectivity index (χ4n) is 7.35. The summed E-state index contributed by atoms with van der Waals surface area (Å²) in [5.41, 5.74) is 10.2. The number of benzene rings is 5. The monoisotopic (exact) mass is 538 g/mol. The molecule has 0 atom stereocenters. The van der Waals surface area contributed by atoms with Gasteiger partial charge in [-0.05, 0) is 114 Å². The molecule has 3 aliphatic rings. The first-order valence-corrected chi connectivity index (χ1v) is 14.6. The summed E-state index contributed by atoms with van der Waals surface area (Å²) in [7, 11) is 0. The predicted octanol–water partition coefficient (Wildman–Crippen LogP) is 8.10. The third-order valence-corrected chi connectivity index (χ3v) is 9.12. The van der Waals surface area contributed by atoms with Crippen molar-refractivity contribution in [3.63, 3.8) is 0 Å². The normalized spacial score (nSPS) is 15.8. The highest BCUT2D eigenvalue weighted by molar-refractivity contribution is 7.00. The van der Waals surface area contributed by atoms with E-state index in [0.29, 0.717) is 5.92 Å². The van der Waals surface area contributed by atoms with Crippen LogP contribution in [0.4, 0.5) is 42.9 Å². The van der Waals surface area contributed by atoms with E-state index < -0.39 is 0 Å². The first kappa shape index (κ1) is 24.4. The van der Waals surface area contributed by atoms with Crippen molar-refractivity contribution in [3.05, 3.63) is 126 Å². The molecule has 1 fully saturated rings. The van der Waals surface area contributed by atoms with Gasteiger partial charge in [0.1, 0.15) is 11.6 Å². The summed E-state index contributed by atoms with van der Waals surface area (Å²) in [4.78, 5) is 4.56. The van der Waals surface area contributed by atoms with Crippen molar-refractivity contribution >= 4 is 57.2 Å². The molecule has 2 nitrogen and oxygen atoms in total. The van der Waals surface area contributed by atoms with E-state index >= 15 is 8.78 Å². The van der Waals surface area contributed by atoms with Gasteiger partial charge in [-0.25, -0.2) is 8.78 Å². The van der Waals surface area contributed by atoms with Crippen molar-refractivity contribution in [1.29, 1.82) is 0 Å². The third kappa shape index (κ3) is 3.90. The maximum atomic E-state index is 15.0. The summed E-state index contributed by atoms with van der Waals surface area (Å²) in [5, 5.41) is 0. The Morgan fingerprint density at radius 1 is 0.537 bits per heavy atom. The minimum atomic E-state index is -0.295. The lowest BCUT2D eigenvalue weighted by Gasteiger charge is -2.44. The molecule has 2 heterocycles. The van der Waals surface area contributed by atoms with Gasteiger partial charge >= 0.3 is 0 Å². The van der Waals surface area contributed by atoms with Gasteiger partial charge in [0.05, 0.1) is 0 Å². The van der Waals surface area contributed by atoms with Crippen LogP contribution < -0.4 is 26.2 Å². The highest BCUT2D eigenvalue weighted by Gasteiger charge is 2.44. The molecule has 0 unspecified atom stereocenters. The zero-order chi connectivity index (χ0) is 27.5. The van der Waals surface area contributed by atoms with Crippen molar-refractivity contribution in [1.82, 2.24) is 0 Å². The van der Waals surface area contributed by atoms with E-state index in [2.05, 4.69) is 46.2 Å². The van der Waals surface area contributed by atoms with Crippen LogP contribution in [-0.2, 0) is 0 Å². The largest absolute Gasteiger partial charge is 0.311 e. The standard InChI is InChI=1S/C36H29BF2N2/c38-26-16-18-32-30(22-26)37-31-23-27(39)17-19-33(31)41(29-14-8-3-9-15-29)35-21-25(24-10-4-1-5-11-24)20-34(36(35)37)40(32)28-12-6-2-7-13-28/h2-3,6-9,12-24H,1,4-5,10-11H2. The van der Waals surface area contributed by atoms with Crippen molar-refractivity contribution in [2.24, 2.45) is 0 Å². The van der Waals surface area contributed by atoms with Crippen LogP contribution in [0.2, 0.25) is 0 Å². The molecular formula is C36H29BF2N2. The molecule has 0 aromatic heterocycles. The van der Waals surface area contributed by atoms with Crippen LogP contribution in [0.1, 0.15) is 43.6 Å². The molecule has 0 radical (unpaired) electrons. The van der Waals surface area contributed by atoms with Crippen molar-refractivity contribution < 1.29 is 8.78 Å². The van der Waals surface area contributed by atoms with Gasteiger partial charge < -0.3 is 9.80 Å². The molecule has 0 spiro atoms. The number of nitrogens with zero attached hydrogens (tertiary/aromatic N) is 2. The van der Waals surface area contributed by atoms with E-state index in [4.69, 9.17) is 0 Å². The maximum absolute atomic E-state index is 15.0. The highest BCUT2D eigenvalue weighted by atomic mass is 19.1. The summed E-state index contributed by atoms with van der Waals surface area (Å²) in [6, 6.07) is 35.5. The molecule has 2 aliphatic heterocycles. The van der Waals surface area contributed by atoms with E-state index in [1.807, 2.05) is 48.5 Å². The Morgan fingerprint density at radius 2 is 1.02 bits per heavy atom. The zero-order valence-corrected chi connectivity index (χ0v) is 22.7. The summed E-state index contributed by atoms with van der Waals surface area (Å²) in [6.07, 6.45) is 6.15. The average Bonchev–Trinajstić information content (AvgIpc) is 3.02. The molecule has 1 aliphatic carbocycles. The van der Waals surface area contributed by atoms with E-state index in [-0.39, 0.29) is 18.3 Å². The van der Waals surface area contributed by atoms with Gasteiger partial charge in [-0.3, -0.25) is 0 Å². The van der Waals surface area contributed by atoms with Crippen LogP contribution in [0.25, 0.3) is 0 Å². The minimum absolute atomic E-state index is 0.288. The van der Waals surface area contributed by atoms with Crippen molar-refractivity contribution in [2.75, 3.05) is 9.80 Å². The molecule has 0 N–H and O–H groups in total. The number of fused-ring (bicyclic) bond motifs is 4. The first-order chi connectivity index (χ1) is 20.2. The van der Waals surface area contributed by atoms with Gasteiger partial charge in [0.25, 0.3) is 6.71 Å². The van der Waals surface area contributed by atoms with Gasteiger partial charge in [0.15, 0.2) is 0 Å². The molecule has 0 bridgehead atoms. The van der Waals surface area contributed by atoms with Gasteiger partial charge in [-0.15, -0.1) is 0 Å². The quantitative estimate of drug-likeness (QED) is 0.210. The zero-order valence-electron chi connectivity index (χ0n) is 22.7. The molecule has 41 heavy (non-hydrogen) atoms. The number of hydrogen-bond acceptors (Lipinski definition) is 2. The predicted molar refractivity (Wildman–Crippen MR) is 166 cm³/mol. The van der Waals surface area contributed by atoms with Crippen LogP contribution in [-0.4, -0.2) is 6.71 Å². The number of rotatable bonds is 3. The fourth-order valence-corrected chi connectivity index (χ4v) is 7.35. The molecule has 5 aromatic rings. The van der Waals surface area contributed by atoms with E-state index in [1.165, 1.54) is 49.8 Å². The Kier molecular flexibility index (Phi) is 5.73. The Hall–Kier alpha value is -4.38. The van der Waals surface area contributed by atoms with Crippen LogP contribution in [0.5, 0.6) is 0 Å². The Labute approximate surface area is 240 Å². The highest BCUT2D eigenvalue weighted by Crippen LogP contribution is 2.46. The Bertz CT molecular complexity index is 1650. The lowest BCUT2D eigenvalue weighted by Crippen LogP contribution is -2.61. The summed E-state index contributed by atoms with van der Waals surface area (Å²) in [5.74, 6) is -0.0868. The van der Waals surface area contributed by atoms with Gasteiger partial charge in [0, 0.05) is 34.1 Å². The molecule has 1 saturated carbocycles. The van der Waals surface area contributed by atoms with Crippen LogP contribution in [0, 0.1) is 11.6 Å². The number of halogens is 2. The van der Waals surface area contributed by atoms with Crippen LogP contribution >= 0.6 is 0 Å². The average molecular weight is 538 g/mol. The molecule has 8 rings (SSSR count). The summed E-state index contributed by atoms with van der Waals surface area (Å²) >= 11 is 0. The lowest BCUT2D eigenvalue weighted by molar-refractivity contribution is 0.444. The lowest BCUT2D eigenvalue weighted by atomic mass is 9.33. The second kappa shape index (κ2) is 9.62. The number of hydrogen-bond donors (Lipinski definition) is 0. The fraction of sp³-hybridized carbons (Fsp3) is 0.167. The molecule has 200 valence electrons. The molecule has 0 saturated heterocycles.